The molecule has 0 spiro atoms. The number of anilines is 1. The van der Waals surface area contributed by atoms with Gasteiger partial charge in [-0.1, -0.05) is 30.3 Å². The zero-order valence-corrected chi connectivity index (χ0v) is 11.5. The molecule has 1 aliphatic rings. The van der Waals surface area contributed by atoms with Crippen LogP contribution in [0.15, 0.2) is 47.3 Å². The van der Waals surface area contributed by atoms with Gasteiger partial charge in [0.1, 0.15) is 12.1 Å². The van der Waals surface area contributed by atoms with Crippen molar-refractivity contribution in [3.05, 3.63) is 52.9 Å². The lowest BCUT2D eigenvalue weighted by Crippen LogP contribution is -2.26. The van der Waals surface area contributed by atoms with E-state index >= 15 is 0 Å². The van der Waals surface area contributed by atoms with Crippen LogP contribution in [0.2, 0.25) is 0 Å². The van der Waals surface area contributed by atoms with Crippen molar-refractivity contribution in [3.8, 4) is 0 Å². The number of hydrogen-bond acceptors (Lipinski definition) is 3. The highest BCUT2D eigenvalue weighted by atomic mass is 79.9. The van der Waals surface area contributed by atoms with Crippen LogP contribution in [0.5, 0.6) is 0 Å². The molecule has 18 heavy (non-hydrogen) atoms. The Kier molecular flexibility index (Phi) is 3.28. The molecule has 0 unspecified atom stereocenters. The van der Waals surface area contributed by atoms with Crippen LogP contribution in [0.1, 0.15) is 18.4 Å². The molecule has 92 valence electrons. The molecule has 1 saturated carbocycles. The zero-order valence-electron chi connectivity index (χ0n) is 9.96. The quantitative estimate of drug-likeness (QED) is 0.867. The summed E-state index contributed by atoms with van der Waals surface area (Å²) >= 11 is 3.54. The predicted molar refractivity (Wildman–Crippen MR) is 75.4 cm³/mol. The van der Waals surface area contributed by atoms with Crippen molar-refractivity contribution in [2.45, 2.75) is 25.4 Å². The van der Waals surface area contributed by atoms with E-state index in [1.807, 2.05) is 12.3 Å². The average molecular weight is 304 g/mol. The van der Waals surface area contributed by atoms with Crippen molar-refractivity contribution in [2.75, 3.05) is 4.90 Å². The zero-order chi connectivity index (χ0) is 12.4. The summed E-state index contributed by atoms with van der Waals surface area (Å²) < 4.78 is 0.966. The lowest BCUT2D eigenvalue weighted by atomic mass is 10.2. The molecule has 3 rings (SSSR count). The van der Waals surface area contributed by atoms with Crippen LogP contribution >= 0.6 is 15.9 Å². The van der Waals surface area contributed by atoms with E-state index in [0.717, 1.165) is 16.8 Å². The highest BCUT2D eigenvalue weighted by molar-refractivity contribution is 9.10. The normalized spacial score (nSPS) is 14.5. The van der Waals surface area contributed by atoms with Gasteiger partial charge in [0.15, 0.2) is 0 Å². The Labute approximate surface area is 115 Å². The lowest BCUT2D eigenvalue weighted by Gasteiger charge is -2.24. The van der Waals surface area contributed by atoms with Crippen molar-refractivity contribution >= 4 is 21.7 Å². The molecule has 3 nitrogen and oxygen atoms in total. The molecule has 1 fully saturated rings. The van der Waals surface area contributed by atoms with E-state index in [2.05, 4.69) is 55.1 Å². The Hall–Kier alpha value is -1.42. The van der Waals surface area contributed by atoms with Gasteiger partial charge in [0.05, 0.1) is 4.47 Å². The highest BCUT2D eigenvalue weighted by Gasteiger charge is 2.31. The second kappa shape index (κ2) is 5.06. The Bertz CT molecular complexity index is 526. The molecule has 0 amide bonds. The largest absolute Gasteiger partial charge is 0.348 e. The molecular weight excluding hydrogens is 290 g/mol. The monoisotopic (exact) mass is 303 g/mol. The van der Waals surface area contributed by atoms with Gasteiger partial charge in [0, 0.05) is 18.8 Å². The first kappa shape index (κ1) is 11.7. The number of nitrogens with zero attached hydrogens (tertiary/aromatic N) is 3. The fourth-order valence-corrected chi connectivity index (χ4v) is 2.51. The number of rotatable bonds is 4. The molecule has 0 saturated heterocycles. The Balaban J connectivity index is 1.87. The predicted octanol–water partition coefficient (Wildman–Crippen LogP) is 3.41. The van der Waals surface area contributed by atoms with Gasteiger partial charge >= 0.3 is 0 Å². The van der Waals surface area contributed by atoms with Gasteiger partial charge in [-0.05, 0) is 34.3 Å². The van der Waals surface area contributed by atoms with E-state index in [-0.39, 0.29) is 0 Å². The molecule has 0 aliphatic heterocycles. The van der Waals surface area contributed by atoms with Gasteiger partial charge < -0.3 is 4.90 Å². The van der Waals surface area contributed by atoms with Crippen molar-refractivity contribution in [1.82, 2.24) is 9.97 Å². The number of aromatic nitrogens is 2. The summed E-state index contributed by atoms with van der Waals surface area (Å²) in [5, 5.41) is 0. The first-order valence-corrected chi connectivity index (χ1v) is 6.90. The topological polar surface area (TPSA) is 29.0 Å². The van der Waals surface area contributed by atoms with Crippen LogP contribution < -0.4 is 4.90 Å². The Morgan fingerprint density at radius 2 is 2.00 bits per heavy atom. The SMILES string of the molecule is Brc1cncnc1N(Cc1ccccc1)C1CC1. The third-order valence-electron chi connectivity index (χ3n) is 3.10. The molecule has 4 heteroatoms. The smallest absolute Gasteiger partial charge is 0.146 e. The first-order valence-electron chi connectivity index (χ1n) is 6.10. The molecule has 0 atom stereocenters. The fourth-order valence-electron chi connectivity index (χ4n) is 2.06. The minimum atomic E-state index is 0.622. The van der Waals surface area contributed by atoms with Crippen LogP contribution in [0.4, 0.5) is 5.82 Å². The first-order chi connectivity index (χ1) is 8.84. The summed E-state index contributed by atoms with van der Waals surface area (Å²) in [6.07, 6.45) is 5.93. The maximum Gasteiger partial charge on any atom is 0.146 e. The summed E-state index contributed by atoms with van der Waals surface area (Å²) in [5.74, 6) is 0.997. The van der Waals surface area contributed by atoms with Crippen LogP contribution in [-0.2, 0) is 6.54 Å². The standard InChI is InChI=1S/C14H14BrN3/c15-13-8-16-10-17-14(13)18(12-6-7-12)9-11-4-2-1-3-5-11/h1-5,8,10,12H,6-7,9H2. The summed E-state index contributed by atoms with van der Waals surface area (Å²) in [6.45, 7) is 0.904. The summed E-state index contributed by atoms with van der Waals surface area (Å²) in [6, 6.07) is 11.1. The molecule has 2 aromatic rings. The van der Waals surface area contributed by atoms with Gasteiger partial charge in [0.2, 0.25) is 0 Å². The molecular formula is C14H14BrN3. The van der Waals surface area contributed by atoms with E-state index < -0.39 is 0 Å². The highest BCUT2D eigenvalue weighted by Crippen LogP contribution is 2.35. The van der Waals surface area contributed by atoms with E-state index in [9.17, 15) is 0 Å². The molecule has 0 radical (unpaired) electrons. The number of halogens is 1. The van der Waals surface area contributed by atoms with Crippen molar-refractivity contribution in [3.63, 3.8) is 0 Å². The van der Waals surface area contributed by atoms with Crippen LogP contribution in [0.25, 0.3) is 0 Å². The van der Waals surface area contributed by atoms with E-state index in [1.54, 1.807) is 6.33 Å². The van der Waals surface area contributed by atoms with Crippen molar-refractivity contribution in [2.24, 2.45) is 0 Å². The Morgan fingerprint density at radius 1 is 1.22 bits per heavy atom. The average Bonchev–Trinajstić information content (AvgIpc) is 3.23. The second-order valence-electron chi connectivity index (χ2n) is 4.54. The van der Waals surface area contributed by atoms with E-state index in [4.69, 9.17) is 0 Å². The molecule has 1 aromatic carbocycles. The van der Waals surface area contributed by atoms with E-state index in [0.29, 0.717) is 6.04 Å². The fraction of sp³-hybridized carbons (Fsp3) is 0.286. The molecule has 1 aromatic heterocycles. The van der Waals surface area contributed by atoms with Crippen LogP contribution in [-0.4, -0.2) is 16.0 Å². The number of hydrogen-bond donors (Lipinski definition) is 0. The van der Waals surface area contributed by atoms with Crippen LogP contribution in [0.3, 0.4) is 0 Å². The third-order valence-corrected chi connectivity index (χ3v) is 3.66. The van der Waals surface area contributed by atoms with Gasteiger partial charge in [-0.25, -0.2) is 9.97 Å². The van der Waals surface area contributed by atoms with E-state index in [1.165, 1.54) is 18.4 Å². The minimum absolute atomic E-state index is 0.622. The molecule has 0 bridgehead atoms. The summed E-state index contributed by atoms with van der Waals surface area (Å²) in [5.41, 5.74) is 1.31. The van der Waals surface area contributed by atoms with Gasteiger partial charge in [-0.3, -0.25) is 0 Å². The van der Waals surface area contributed by atoms with Crippen LogP contribution in [0, 0.1) is 0 Å². The second-order valence-corrected chi connectivity index (χ2v) is 5.39. The van der Waals surface area contributed by atoms with Crippen molar-refractivity contribution in [1.29, 1.82) is 0 Å². The van der Waals surface area contributed by atoms with Gasteiger partial charge in [-0.15, -0.1) is 0 Å². The summed E-state index contributed by atoms with van der Waals surface area (Å²) in [4.78, 5) is 10.8. The number of benzene rings is 1. The lowest BCUT2D eigenvalue weighted by molar-refractivity contribution is 0.772. The third kappa shape index (κ3) is 2.53. The minimum Gasteiger partial charge on any atom is -0.348 e. The molecule has 1 aliphatic carbocycles. The summed E-state index contributed by atoms with van der Waals surface area (Å²) in [7, 11) is 0. The van der Waals surface area contributed by atoms with Gasteiger partial charge in [0.25, 0.3) is 0 Å². The maximum absolute atomic E-state index is 4.40. The van der Waals surface area contributed by atoms with Crippen molar-refractivity contribution < 1.29 is 0 Å². The Morgan fingerprint density at radius 3 is 2.67 bits per heavy atom. The van der Waals surface area contributed by atoms with Gasteiger partial charge in [-0.2, -0.15) is 0 Å². The maximum atomic E-state index is 4.40. The molecule has 1 heterocycles. The molecule has 0 N–H and O–H groups in total.